The number of nitrogens with zero attached hydrogens (tertiary/aromatic N) is 2. The molecule has 1 fully saturated rings. The van der Waals surface area contributed by atoms with Crippen LogP contribution in [0.1, 0.15) is 35.7 Å². The van der Waals surface area contributed by atoms with Gasteiger partial charge >= 0.3 is 6.18 Å². The third-order valence-electron chi connectivity index (χ3n) is 4.15. The largest absolute Gasteiger partial charge is 0.435 e. The minimum Gasteiger partial charge on any atom is -0.267 e. The fourth-order valence-corrected chi connectivity index (χ4v) is 4.21. The molecule has 1 saturated carbocycles. The van der Waals surface area contributed by atoms with Crippen LogP contribution >= 0.6 is 11.6 Å². The van der Waals surface area contributed by atoms with Crippen molar-refractivity contribution in [2.75, 3.05) is 6.54 Å². The highest BCUT2D eigenvalue weighted by molar-refractivity contribution is 7.89. The molecule has 0 atom stereocenters. The van der Waals surface area contributed by atoms with Crippen LogP contribution in [0.3, 0.4) is 0 Å². The maximum absolute atomic E-state index is 12.9. The number of nitrogens with one attached hydrogen (secondary N) is 1. The lowest BCUT2D eigenvalue weighted by Gasteiger charge is -2.11. The van der Waals surface area contributed by atoms with Crippen LogP contribution < -0.4 is 4.72 Å². The van der Waals surface area contributed by atoms with Crippen molar-refractivity contribution in [1.82, 2.24) is 14.5 Å². The zero-order valence-electron chi connectivity index (χ0n) is 13.8. The van der Waals surface area contributed by atoms with Crippen LogP contribution in [0, 0.1) is 6.92 Å². The maximum Gasteiger partial charge on any atom is 0.435 e. The Hall–Kier alpha value is -1.58. The van der Waals surface area contributed by atoms with Crippen molar-refractivity contribution >= 4 is 21.6 Å². The molecule has 0 aliphatic heterocycles. The summed E-state index contributed by atoms with van der Waals surface area (Å²) < 4.78 is 67.1. The summed E-state index contributed by atoms with van der Waals surface area (Å²) in [4.78, 5) is 0.0452. The van der Waals surface area contributed by atoms with Crippen LogP contribution in [0.15, 0.2) is 29.2 Å². The predicted molar refractivity (Wildman–Crippen MR) is 90.6 cm³/mol. The first kappa shape index (κ1) is 19.2. The van der Waals surface area contributed by atoms with Gasteiger partial charge in [-0.25, -0.2) is 13.1 Å². The molecule has 142 valence electrons. The summed E-state index contributed by atoms with van der Waals surface area (Å²) in [5.74, 6) is 0.0605. The molecule has 2 aromatic rings. The molecule has 1 heterocycles. The van der Waals surface area contributed by atoms with Gasteiger partial charge in [0.2, 0.25) is 10.0 Å². The fourth-order valence-electron chi connectivity index (χ4n) is 2.68. The fraction of sp³-hybridized carbons (Fsp3) is 0.438. The Morgan fingerprint density at radius 2 is 2.00 bits per heavy atom. The van der Waals surface area contributed by atoms with Crippen molar-refractivity contribution in [2.24, 2.45) is 0 Å². The molecule has 0 amide bonds. The molecule has 0 saturated heterocycles. The van der Waals surface area contributed by atoms with E-state index in [1.54, 1.807) is 19.1 Å². The Morgan fingerprint density at radius 1 is 1.31 bits per heavy atom. The minimum atomic E-state index is -4.52. The number of sulfonamides is 1. The van der Waals surface area contributed by atoms with E-state index < -0.39 is 21.9 Å². The van der Waals surface area contributed by atoms with E-state index in [2.05, 4.69) is 9.82 Å². The van der Waals surface area contributed by atoms with E-state index in [9.17, 15) is 21.6 Å². The number of rotatable bonds is 6. The van der Waals surface area contributed by atoms with Crippen LogP contribution in [0.4, 0.5) is 13.2 Å². The summed E-state index contributed by atoms with van der Waals surface area (Å²) in [6, 6.07) is 5.56. The van der Waals surface area contributed by atoms with Gasteiger partial charge in [0.15, 0.2) is 5.69 Å². The molecule has 1 aromatic carbocycles. The number of aryl methyl sites for hydroxylation is 1. The van der Waals surface area contributed by atoms with Gasteiger partial charge < -0.3 is 0 Å². The predicted octanol–water partition coefficient (Wildman–Crippen LogP) is 3.72. The monoisotopic (exact) mass is 407 g/mol. The highest BCUT2D eigenvalue weighted by Crippen LogP contribution is 2.42. The Bertz CT molecular complexity index is 921. The van der Waals surface area contributed by atoms with Gasteiger partial charge in [-0.05, 0) is 43.5 Å². The highest BCUT2D eigenvalue weighted by Gasteiger charge is 2.37. The number of aromatic nitrogens is 2. The third kappa shape index (κ3) is 4.21. The van der Waals surface area contributed by atoms with Crippen molar-refractivity contribution < 1.29 is 21.6 Å². The zero-order chi connectivity index (χ0) is 19.1. The average Bonchev–Trinajstić information content (AvgIpc) is 3.28. The van der Waals surface area contributed by atoms with Gasteiger partial charge in [-0.1, -0.05) is 17.7 Å². The zero-order valence-corrected chi connectivity index (χ0v) is 15.4. The van der Waals surface area contributed by atoms with Crippen LogP contribution in [-0.2, 0) is 22.7 Å². The first-order valence-corrected chi connectivity index (χ1v) is 9.85. The van der Waals surface area contributed by atoms with Crippen LogP contribution in [0.2, 0.25) is 5.02 Å². The molecule has 10 heteroatoms. The van der Waals surface area contributed by atoms with Gasteiger partial charge in [-0.3, -0.25) is 4.68 Å². The summed E-state index contributed by atoms with van der Waals surface area (Å²) in [6.07, 6.45) is -2.89. The summed E-state index contributed by atoms with van der Waals surface area (Å²) in [7, 11) is -3.82. The Balaban J connectivity index is 1.73. The second-order valence-electron chi connectivity index (χ2n) is 6.26. The summed E-state index contributed by atoms with van der Waals surface area (Å²) in [6.45, 7) is 1.58. The first-order chi connectivity index (χ1) is 12.1. The van der Waals surface area contributed by atoms with E-state index in [1.165, 1.54) is 10.7 Å². The highest BCUT2D eigenvalue weighted by atomic mass is 35.5. The lowest BCUT2D eigenvalue weighted by Crippen LogP contribution is -2.28. The molecular formula is C16H17ClF3N3O2S. The average molecular weight is 408 g/mol. The first-order valence-electron chi connectivity index (χ1n) is 7.99. The van der Waals surface area contributed by atoms with Gasteiger partial charge in [0.25, 0.3) is 0 Å². The number of benzene rings is 1. The molecule has 1 N–H and O–H groups in total. The minimum absolute atomic E-state index is 0.0146. The molecule has 0 bridgehead atoms. The molecule has 3 rings (SSSR count). The molecule has 5 nitrogen and oxygen atoms in total. The maximum atomic E-state index is 12.9. The van der Waals surface area contributed by atoms with Gasteiger partial charge in [0, 0.05) is 23.2 Å². The second kappa shape index (κ2) is 6.86. The molecule has 0 spiro atoms. The lowest BCUT2D eigenvalue weighted by atomic mass is 10.2. The Morgan fingerprint density at radius 3 is 2.62 bits per heavy atom. The van der Waals surface area contributed by atoms with Crippen molar-refractivity contribution in [3.05, 3.63) is 46.2 Å². The molecular weight excluding hydrogens is 391 g/mol. The lowest BCUT2D eigenvalue weighted by molar-refractivity contribution is -0.141. The number of hydrogen-bond acceptors (Lipinski definition) is 3. The van der Waals surface area contributed by atoms with E-state index in [-0.39, 0.29) is 28.9 Å². The SMILES string of the molecule is Cc1ccc(Cl)cc1S(=O)(=O)NCCn1nc(C(F)(F)F)cc1C1CC1. The van der Waals surface area contributed by atoms with Crippen LogP contribution in [0.5, 0.6) is 0 Å². The molecule has 1 aliphatic carbocycles. The van der Waals surface area contributed by atoms with Gasteiger partial charge in [-0.2, -0.15) is 18.3 Å². The van der Waals surface area contributed by atoms with Gasteiger partial charge in [-0.15, -0.1) is 0 Å². The third-order valence-corrected chi connectivity index (χ3v) is 5.99. The molecule has 0 radical (unpaired) electrons. The van der Waals surface area contributed by atoms with Crippen molar-refractivity contribution in [1.29, 1.82) is 0 Å². The topological polar surface area (TPSA) is 64.0 Å². The van der Waals surface area contributed by atoms with Crippen molar-refractivity contribution in [2.45, 2.75) is 43.3 Å². The molecule has 1 aromatic heterocycles. The van der Waals surface area contributed by atoms with E-state index in [4.69, 9.17) is 11.6 Å². The smallest absolute Gasteiger partial charge is 0.267 e. The standard InChI is InChI=1S/C16H17ClF3N3O2S/c1-10-2-5-12(17)8-14(10)26(24,25)21-6-7-23-13(11-3-4-11)9-15(22-23)16(18,19)20/h2,5,8-9,11,21H,3-4,6-7H2,1H3. The van der Waals surface area contributed by atoms with Gasteiger partial charge in [0.05, 0.1) is 11.4 Å². The summed E-state index contributed by atoms with van der Waals surface area (Å²) in [5, 5.41) is 3.89. The van der Waals surface area contributed by atoms with Gasteiger partial charge in [0.1, 0.15) is 0 Å². The van der Waals surface area contributed by atoms with Crippen molar-refractivity contribution in [3.63, 3.8) is 0 Å². The molecule has 1 aliphatic rings. The normalized spacial score (nSPS) is 15.4. The van der Waals surface area contributed by atoms with E-state index >= 15 is 0 Å². The van der Waals surface area contributed by atoms with Crippen molar-refractivity contribution in [3.8, 4) is 0 Å². The number of alkyl halides is 3. The number of hydrogen-bond donors (Lipinski definition) is 1. The quantitative estimate of drug-likeness (QED) is 0.793. The van der Waals surface area contributed by atoms with E-state index in [0.717, 1.165) is 18.9 Å². The second-order valence-corrected chi connectivity index (χ2v) is 8.43. The Kier molecular flexibility index (Phi) is 5.06. The van der Waals surface area contributed by atoms with Crippen LogP contribution in [0.25, 0.3) is 0 Å². The Labute approximate surface area is 154 Å². The van der Waals surface area contributed by atoms with E-state index in [1.807, 2.05) is 0 Å². The summed E-state index contributed by atoms with van der Waals surface area (Å²) in [5.41, 5.74) is 0.0717. The molecule has 0 unspecified atom stereocenters. The summed E-state index contributed by atoms with van der Waals surface area (Å²) >= 11 is 5.85. The molecule has 26 heavy (non-hydrogen) atoms. The number of halogens is 4. The van der Waals surface area contributed by atoms with Crippen LogP contribution in [-0.4, -0.2) is 24.7 Å². The van der Waals surface area contributed by atoms with E-state index in [0.29, 0.717) is 11.3 Å².